The smallest absolute Gasteiger partial charge is 0.316 e. The summed E-state index contributed by atoms with van der Waals surface area (Å²) in [7, 11) is 0. The van der Waals surface area contributed by atoms with Crippen LogP contribution in [-0.2, 0) is 14.3 Å². The molecule has 0 saturated heterocycles. The first-order chi connectivity index (χ1) is 14.3. The maximum Gasteiger partial charge on any atom is 0.316 e. The van der Waals surface area contributed by atoms with Crippen molar-refractivity contribution in [2.75, 3.05) is 17.7 Å². The van der Waals surface area contributed by atoms with Crippen LogP contribution in [0, 0.1) is 27.7 Å². The maximum atomic E-state index is 12.3. The number of rotatable bonds is 7. The molecule has 3 rings (SSSR count). The van der Waals surface area contributed by atoms with Crippen molar-refractivity contribution in [3.63, 3.8) is 0 Å². The van der Waals surface area contributed by atoms with E-state index in [1.165, 1.54) is 11.8 Å². The van der Waals surface area contributed by atoms with Crippen molar-refractivity contribution in [1.29, 1.82) is 0 Å². The van der Waals surface area contributed by atoms with Gasteiger partial charge in [-0.1, -0.05) is 35.9 Å². The van der Waals surface area contributed by atoms with E-state index < -0.39 is 5.97 Å². The van der Waals surface area contributed by atoms with E-state index in [0.29, 0.717) is 11.4 Å². The summed E-state index contributed by atoms with van der Waals surface area (Å²) in [6.07, 6.45) is 0. The molecule has 7 heteroatoms. The maximum absolute atomic E-state index is 12.3. The van der Waals surface area contributed by atoms with Gasteiger partial charge in [0.25, 0.3) is 5.91 Å². The average Bonchev–Trinajstić information content (AvgIpc) is 3.00. The standard InChI is InChI=1S/C23H25N3O3S/c1-15-9-11-19(12-10-15)26-18(4)23(17(3)25-26)24-21(27)13-29-22(28)14-30-20-8-6-5-7-16(20)2/h5-12H,13-14H2,1-4H3,(H,24,27). The van der Waals surface area contributed by atoms with Crippen LogP contribution in [0.2, 0.25) is 0 Å². The lowest BCUT2D eigenvalue weighted by molar-refractivity contribution is -0.144. The van der Waals surface area contributed by atoms with Gasteiger partial charge in [-0.15, -0.1) is 11.8 Å². The highest BCUT2D eigenvalue weighted by Crippen LogP contribution is 2.23. The fraction of sp³-hybridized carbons (Fsp3) is 0.261. The number of esters is 1. The van der Waals surface area contributed by atoms with Gasteiger partial charge in [-0.3, -0.25) is 9.59 Å². The molecule has 0 fully saturated rings. The Balaban J connectivity index is 1.55. The molecule has 1 heterocycles. The number of aryl methyl sites for hydroxylation is 3. The summed E-state index contributed by atoms with van der Waals surface area (Å²) in [6.45, 7) is 7.40. The zero-order chi connectivity index (χ0) is 21.7. The van der Waals surface area contributed by atoms with Crippen LogP contribution in [0.3, 0.4) is 0 Å². The molecule has 0 aliphatic heterocycles. The minimum absolute atomic E-state index is 0.154. The predicted molar refractivity (Wildman–Crippen MR) is 119 cm³/mol. The van der Waals surface area contributed by atoms with Crippen LogP contribution in [0.5, 0.6) is 0 Å². The van der Waals surface area contributed by atoms with Gasteiger partial charge >= 0.3 is 5.97 Å². The van der Waals surface area contributed by atoms with Gasteiger partial charge in [0.05, 0.1) is 28.5 Å². The first-order valence-corrected chi connectivity index (χ1v) is 10.6. The third-order valence-electron chi connectivity index (χ3n) is 4.64. The fourth-order valence-corrected chi connectivity index (χ4v) is 3.81. The van der Waals surface area contributed by atoms with Crippen molar-refractivity contribution in [2.24, 2.45) is 0 Å². The minimum Gasteiger partial charge on any atom is -0.455 e. The van der Waals surface area contributed by atoms with Crippen molar-refractivity contribution in [2.45, 2.75) is 32.6 Å². The van der Waals surface area contributed by atoms with Crippen LogP contribution in [0.4, 0.5) is 5.69 Å². The van der Waals surface area contributed by atoms with Gasteiger partial charge in [0, 0.05) is 4.90 Å². The number of carbonyl (C=O) groups is 2. The van der Waals surface area contributed by atoms with Crippen LogP contribution in [0.15, 0.2) is 53.4 Å². The molecule has 156 valence electrons. The number of anilines is 1. The van der Waals surface area contributed by atoms with Gasteiger partial charge in [0.2, 0.25) is 0 Å². The fourth-order valence-electron chi connectivity index (χ4n) is 2.98. The molecule has 0 spiro atoms. The highest BCUT2D eigenvalue weighted by atomic mass is 32.2. The Morgan fingerprint density at radius 1 is 1.03 bits per heavy atom. The zero-order valence-corrected chi connectivity index (χ0v) is 18.4. The monoisotopic (exact) mass is 423 g/mol. The number of nitrogens with zero attached hydrogens (tertiary/aromatic N) is 2. The van der Waals surface area contributed by atoms with Gasteiger partial charge < -0.3 is 10.1 Å². The minimum atomic E-state index is -0.429. The molecular formula is C23H25N3O3S. The molecule has 0 saturated carbocycles. The van der Waals surface area contributed by atoms with Gasteiger partial charge in [-0.05, 0) is 51.5 Å². The molecule has 2 aromatic carbocycles. The Bertz CT molecular complexity index is 1060. The third-order valence-corrected chi connectivity index (χ3v) is 5.79. The van der Waals surface area contributed by atoms with E-state index in [4.69, 9.17) is 4.74 Å². The Labute approximate surface area is 180 Å². The largest absolute Gasteiger partial charge is 0.455 e. The summed E-state index contributed by atoms with van der Waals surface area (Å²) in [5.74, 6) is -0.664. The van der Waals surface area contributed by atoms with Gasteiger partial charge in [-0.2, -0.15) is 5.10 Å². The van der Waals surface area contributed by atoms with Crippen molar-refractivity contribution in [3.05, 3.63) is 71.0 Å². The molecular weight excluding hydrogens is 398 g/mol. The number of aromatic nitrogens is 2. The number of benzene rings is 2. The first kappa shape index (κ1) is 21.6. The van der Waals surface area contributed by atoms with E-state index in [1.54, 1.807) is 4.68 Å². The molecule has 0 atom stereocenters. The summed E-state index contributed by atoms with van der Waals surface area (Å²) in [6, 6.07) is 15.8. The summed E-state index contributed by atoms with van der Waals surface area (Å²) in [5, 5.41) is 7.33. The third kappa shape index (κ3) is 5.30. The van der Waals surface area contributed by atoms with E-state index >= 15 is 0 Å². The topological polar surface area (TPSA) is 73.2 Å². The number of hydrogen-bond donors (Lipinski definition) is 1. The Kier molecular flexibility index (Phi) is 6.95. The van der Waals surface area contributed by atoms with E-state index in [0.717, 1.165) is 27.4 Å². The second kappa shape index (κ2) is 9.63. The van der Waals surface area contributed by atoms with Crippen molar-refractivity contribution >= 4 is 29.3 Å². The van der Waals surface area contributed by atoms with Crippen molar-refractivity contribution in [3.8, 4) is 5.69 Å². The van der Waals surface area contributed by atoms with Gasteiger partial charge in [-0.25, -0.2) is 4.68 Å². The van der Waals surface area contributed by atoms with E-state index in [-0.39, 0.29) is 18.3 Å². The average molecular weight is 424 g/mol. The van der Waals surface area contributed by atoms with Crippen molar-refractivity contribution < 1.29 is 14.3 Å². The number of nitrogens with one attached hydrogen (secondary N) is 1. The highest BCUT2D eigenvalue weighted by Gasteiger charge is 2.16. The Morgan fingerprint density at radius 3 is 2.43 bits per heavy atom. The number of thioether (sulfide) groups is 1. The Hall–Kier alpha value is -3.06. The molecule has 3 aromatic rings. The van der Waals surface area contributed by atoms with Crippen LogP contribution < -0.4 is 5.32 Å². The lowest BCUT2D eigenvalue weighted by Gasteiger charge is -2.08. The molecule has 0 radical (unpaired) electrons. The molecule has 0 unspecified atom stereocenters. The second-order valence-electron chi connectivity index (χ2n) is 7.06. The number of ether oxygens (including phenoxy) is 1. The second-order valence-corrected chi connectivity index (χ2v) is 8.07. The predicted octanol–water partition coefficient (Wildman–Crippen LogP) is 4.38. The number of hydrogen-bond acceptors (Lipinski definition) is 5. The first-order valence-electron chi connectivity index (χ1n) is 9.62. The van der Waals surface area contributed by atoms with E-state index in [9.17, 15) is 9.59 Å². The molecule has 1 aromatic heterocycles. The zero-order valence-electron chi connectivity index (χ0n) is 17.6. The summed E-state index contributed by atoms with van der Waals surface area (Å²) in [4.78, 5) is 25.3. The highest BCUT2D eigenvalue weighted by molar-refractivity contribution is 8.00. The summed E-state index contributed by atoms with van der Waals surface area (Å²) >= 11 is 1.40. The molecule has 30 heavy (non-hydrogen) atoms. The van der Waals surface area contributed by atoms with E-state index in [1.807, 2.05) is 76.2 Å². The van der Waals surface area contributed by atoms with Crippen molar-refractivity contribution in [1.82, 2.24) is 9.78 Å². The van der Waals surface area contributed by atoms with Crippen LogP contribution >= 0.6 is 11.8 Å². The van der Waals surface area contributed by atoms with Crippen LogP contribution in [0.1, 0.15) is 22.5 Å². The van der Waals surface area contributed by atoms with Gasteiger partial charge in [0.15, 0.2) is 6.61 Å². The lowest BCUT2D eigenvalue weighted by atomic mass is 10.2. The molecule has 1 amide bonds. The van der Waals surface area contributed by atoms with Gasteiger partial charge in [0.1, 0.15) is 0 Å². The normalized spacial score (nSPS) is 10.7. The molecule has 0 aliphatic carbocycles. The molecule has 0 bridgehead atoms. The summed E-state index contributed by atoms with van der Waals surface area (Å²) in [5.41, 5.74) is 5.32. The quantitative estimate of drug-likeness (QED) is 0.451. The number of amides is 1. The molecule has 1 N–H and O–H groups in total. The van der Waals surface area contributed by atoms with E-state index in [2.05, 4.69) is 10.4 Å². The lowest BCUT2D eigenvalue weighted by Crippen LogP contribution is -2.22. The molecule has 0 aliphatic rings. The SMILES string of the molecule is Cc1ccc(-n2nc(C)c(NC(=O)COC(=O)CSc3ccccc3C)c2C)cc1. The van der Waals surface area contributed by atoms with Crippen LogP contribution in [0.25, 0.3) is 5.69 Å². The van der Waals surface area contributed by atoms with Crippen LogP contribution in [-0.4, -0.2) is 34.0 Å². The number of carbonyl (C=O) groups excluding carboxylic acids is 2. The molecule has 6 nitrogen and oxygen atoms in total. The Morgan fingerprint density at radius 2 is 1.73 bits per heavy atom. The summed E-state index contributed by atoms with van der Waals surface area (Å²) < 4.78 is 6.91.